The molecule has 2 amide bonds. The number of hydrogen-bond acceptors (Lipinski definition) is 6. The number of rotatable bonds is 7. The SMILES string of the molecule is CCC(=O)N1CCN(c2nc(CCCC(=O)N(C)C)nc3c(F)c([C@H]4C[C@](C)(O)Cc5ccccc54)c(Cl)cc23)CC1. The van der Waals surface area contributed by atoms with Gasteiger partial charge >= 0.3 is 0 Å². The summed E-state index contributed by atoms with van der Waals surface area (Å²) in [6, 6.07) is 9.55. The van der Waals surface area contributed by atoms with E-state index in [1.165, 1.54) is 0 Å². The number of aliphatic hydroxyl groups is 1. The molecule has 5 rings (SSSR count). The standard InChI is InChI=1S/C32H39ClFN5O3/c1-5-26(40)38-13-15-39(16-14-38)31-22-17-24(33)28(23-19-32(2,42)18-20-9-6-7-10-21(20)23)29(34)30(22)35-25(36-31)11-8-12-27(41)37(3)4/h6-7,9-10,17,23,42H,5,8,11-16,18-19H2,1-4H3/t23-,32+/m0/s1. The molecule has 2 atom stereocenters. The fraction of sp³-hybridized carbons (Fsp3) is 0.500. The second kappa shape index (κ2) is 12.1. The van der Waals surface area contributed by atoms with Gasteiger partial charge in [0.2, 0.25) is 11.8 Å². The lowest BCUT2D eigenvalue weighted by molar-refractivity contribution is -0.131. The summed E-state index contributed by atoms with van der Waals surface area (Å²) in [6.07, 6.45) is 2.55. The molecule has 1 aromatic heterocycles. The predicted octanol–water partition coefficient (Wildman–Crippen LogP) is 4.72. The van der Waals surface area contributed by atoms with Crippen LogP contribution in [0.25, 0.3) is 10.9 Å². The van der Waals surface area contributed by atoms with Gasteiger partial charge in [0.25, 0.3) is 0 Å². The summed E-state index contributed by atoms with van der Waals surface area (Å²) in [7, 11) is 3.44. The number of halogens is 2. The van der Waals surface area contributed by atoms with Crippen LogP contribution in [0.2, 0.25) is 5.02 Å². The highest BCUT2D eigenvalue weighted by Gasteiger charge is 2.37. The Bertz CT molecular complexity index is 1500. The molecule has 10 heteroatoms. The molecule has 2 heterocycles. The number of amides is 2. The normalized spacial score (nSPS) is 20.5. The first-order chi connectivity index (χ1) is 20.0. The quantitative estimate of drug-likeness (QED) is 0.425. The number of carbonyl (C=O) groups is 2. The van der Waals surface area contributed by atoms with Crippen molar-refractivity contribution < 1.29 is 19.1 Å². The number of aromatic nitrogens is 2. The molecule has 2 aromatic carbocycles. The zero-order valence-corrected chi connectivity index (χ0v) is 25.5. The number of carbonyl (C=O) groups excluding carboxylic acids is 2. The van der Waals surface area contributed by atoms with Gasteiger partial charge in [-0.3, -0.25) is 9.59 Å². The van der Waals surface area contributed by atoms with Gasteiger partial charge in [-0.15, -0.1) is 0 Å². The van der Waals surface area contributed by atoms with E-state index in [-0.39, 0.29) is 22.4 Å². The van der Waals surface area contributed by atoms with E-state index < -0.39 is 17.3 Å². The monoisotopic (exact) mass is 595 g/mol. The van der Waals surface area contributed by atoms with Crippen molar-refractivity contribution in [3.63, 3.8) is 0 Å². The van der Waals surface area contributed by atoms with Gasteiger partial charge in [-0.05, 0) is 37.0 Å². The Hall–Kier alpha value is -3.30. The lowest BCUT2D eigenvalue weighted by Gasteiger charge is -2.37. The molecule has 2 aliphatic rings. The number of anilines is 1. The molecule has 0 unspecified atom stereocenters. The summed E-state index contributed by atoms with van der Waals surface area (Å²) in [5.74, 6) is 0.209. The van der Waals surface area contributed by atoms with Gasteiger partial charge in [0.1, 0.15) is 17.2 Å². The molecule has 0 radical (unpaired) electrons. The van der Waals surface area contributed by atoms with E-state index in [1.54, 1.807) is 32.0 Å². The van der Waals surface area contributed by atoms with Crippen molar-refractivity contribution in [1.82, 2.24) is 19.8 Å². The molecule has 0 saturated carbocycles. The topological polar surface area (TPSA) is 89.9 Å². The molecule has 0 bridgehead atoms. The lowest BCUT2D eigenvalue weighted by Crippen LogP contribution is -2.49. The van der Waals surface area contributed by atoms with E-state index >= 15 is 4.39 Å². The molecule has 1 aliphatic heterocycles. The highest BCUT2D eigenvalue weighted by atomic mass is 35.5. The summed E-state index contributed by atoms with van der Waals surface area (Å²) < 4.78 is 16.8. The van der Waals surface area contributed by atoms with Crippen LogP contribution >= 0.6 is 11.6 Å². The van der Waals surface area contributed by atoms with Crippen molar-refractivity contribution in [1.29, 1.82) is 0 Å². The van der Waals surface area contributed by atoms with Crippen LogP contribution in [-0.4, -0.2) is 82.6 Å². The first-order valence-electron chi connectivity index (χ1n) is 14.7. The molecule has 8 nitrogen and oxygen atoms in total. The molecule has 1 N–H and O–H groups in total. The lowest BCUT2D eigenvalue weighted by atomic mass is 9.72. The van der Waals surface area contributed by atoms with Gasteiger partial charge in [-0.25, -0.2) is 14.4 Å². The fourth-order valence-electron chi connectivity index (χ4n) is 6.25. The molecule has 0 spiro atoms. The van der Waals surface area contributed by atoms with Crippen LogP contribution in [0.15, 0.2) is 30.3 Å². The van der Waals surface area contributed by atoms with Crippen LogP contribution in [0.4, 0.5) is 10.2 Å². The van der Waals surface area contributed by atoms with Crippen LogP contribution in [0.5, 0.6) is 0 Å². The minimum atomic E-state index is -1.01. The number of nitrogens with zero attached hydrogens (tertiary/aromatic N) is 5. The molecule has 1 fully saturated rings. The Morgan fingerprint density at radius 1 is 1.17 bits per heavy atom. The fourth-order valence-corrected chi connectivity index (χ4v) is 6.57. The van der Waals surface area contributed by atoms with E-state index in [4.69, 9.17) is 21.6 Å². The Labute approximate surface area is 251 Å². The van der Waals surface area contributed by atoms with Crippen LogP contribution in [-0.2, 0) is 22.4 Å². The zero-order valence-electron chi connectivity index (χ0n) is 24.8. The average molecular weight is 596 g/mol. The zero-order chi connectivity index (χ0) is 30.2. The summed E-state index contributed by atoms with van der Waals surface area (Å²) in [4.78, 5) is 39.5. The van der Waals surface area contributed by atoms with Gasteiger partial charge in [0.05, 0.1) is 5.60 Å². The minimum Gasteiger partial charge on any atom is -0.390 e. The van der Waals surface area contributed by atoms with Crippen molar-refractivity contribution >= 4 is 40.1 Å². The molecular formula is C32H39ClFN5O3. The summed E-state index contributed by atoms with van der Waals surface area (Å²) in [5, 5.41) is 11.9. The Kier molecular flexibility index (Phi) is 8.71. The average Bonchev–Trinajstić information content (AvgIpc) is 2.96. The van der Waals surface area contributed by atoms with Crippen LogP contribution < -0.4 is 4.90 Å². The van der Waals surface area contributed by atoms with Gasteiger partial charge in [-0.2, -0.15) is 0 Å². The van der Waals surface area contributed by atoms with E-state index in [1.807, 2.05) is 36.1 Å². The highest BCUT2D eigenvalue weighted by molar-refractivity contribution is 6.32. The van der Waals surface area contributed by atoms with Crippen molar-refractivity contribution in [3.8, 4) is 0 Å². The number of hydrogen-bond donors (Lipinski definition) is 1. The maximum absolute atomic E-state index is 16.8. The second-order valence-electron chi connectivity index (χ2n) is 11.9. The van der Waals surface area contributed by atoms with E-state index in [0.29, 0.717) is 87.3 Å². The summed E-state index contributed by atoms with van der Waals surface area (Å²) in [6.45, 7) is 5.83. The van der Waals surface area contributed by atoms with Crippen LogP contribution in [0.3, 0.4) is 0 Å². The number of benzene rings is 2. The first-order valence-corrected chi connectivity index (χ1v) is 15.1. The van der Waals surface area contributed by atoms with Gasteiger partial charge < -0.3 is 19.8 Å². The number of piperazine rings is 1. The summed E-state index contributed by atoms with van der Waals surface area (Å²) >= 11 is 6.89. The van der Waals surface area contributed by atoms with Crippen molar-refractivity contribution in [2.24, 2.45) is 0 Å². The number of fused-ring (bicyclic) bond motifs is 2. The molecule has 42 heavy (non-hydrogen) atoms. The molecule has 3 aromatic rings. The van der Waals surface area contributed by atoms with Crippen LogP contribution in [0.1, 0.15) is 68.0 Å². The maximum Gasteiger partial charge on any atom is 0.222 e. The summed E-state index contributed by atoms with van der Waals surface area (Å²) in [5.41, 5.74) is 1.43. The highest BCUT2D eigenvalue weighted by Crippen LogP contribution is 2.46. The Morgan fingerprint density at radius 3 is 2.57 bits per heavy atom. The van der Waals surface area contributed by atoms with Gasteiger partial charge in [0, 0.05) is 87.8 Å². The molecule has 1 saturated heterocycles. The smallest absolute Gasteiger partial charge is 0.222 e. The van der Waals surface area contributed by atoms with Crippen molar-refractivity contribution in [3.05, 3.63) is 63.7 Å². The van der Waals surface area contributed by atoms with Crippen molar-refractivity contribution in [2.75, 3.05) is 45.2 Å². The third kappa shape index (κ3) is 6.08. The van der Waals surface area contributed by atoms with Crippen molar-refractivity contribution in [2.45, 2.75) is 63.9 Å². The van der Waals surface area contributed by atoms with E-state index in [2.05, 4.69) is 4.90 Å². The molecule has 224 valence electrons. The van der Waals surface area contributed by atoms with E-state index in [9.17, 15) is 14.7 Å². The third-order valence-corrected chi connectivity index (χ3v) is 8.78. The maximum atomic E-state index is 16.8. The number of aryl methyl sites for hydroxylation is 1. The second-order valence-corrected chi connectivity index (χ2v) is 12.3. The predicted molar refractivity (Wildman–Crippen MR) is 162 cm³/mol. The van der Waals surface area contributed by atoms with Gasteiger partial charge in [0.15, 0.2) is 5.82 Å². The minimum absolute atomic E-state index is 0.0102. The first kappa shape index (κ1) is 30.2. The Balaban J connectivity index is 1.59. The largest absolute Gasteiger partial charge is 0.390 e. The Morgan fingerprint density at radius 2 is 1.88 bits per heavy atom. The van der Waals surface area contributed by atoms with Crippen LogP contribution in [0, 0.1) is 5.82 Å². The third-order valence-electron chi connectivity index (χ3n) is 8.46. The van der Waals surface area contributed by atoms with Gasteiger partial charge in [-0.1, -0.05) is 42.8 Å². The molecule has 1 aliphatic carbocycles. The molecular weight excluding hydrogens is 557 g/mol. The van der Waals surface area contributed by atoms with E-state index in [0.717, 1.165) is 11.1 Å².